The summed E-state index contributed by atoms with van der Waals surface area (Å²) in [6.07, 6.45) is 0.120. The number of rotatable bonds is 2. The second kappa shape index (κ2) is 8.15. The van der Waals surface area contributed by atoms with Crippen LogP contribution in [0.25, 0.3) is 21.5 Å². The normalized spacial score (nSPS) is 15.8. The van der Waals surface area contributed by atoms with Gasteiger partial charge in [0, 0.05) is 77.3 Å². The summed E-state index contributed by atoms with van der Waals surface area (Å²) >= 11 is 4.11. The van der Waals surface area contributed by atoms with Crippen molar-refractivity contribution in [2.75, 3.05) is 47.8 Å². The van der Waals surface area contributed by atoms with Crippen LogP contribution in [0.1, 0.15) is 23.5 Å². The van der Waals surface area contributed by atoms with Gasteiger partial charge in [0.1, 0.15) is 12.3 Å². The summed E-state index contributed by atoms with van der Waals surface area (Å²) in [5.41, 5.74) is 7.57. The summed E-state index contributed by atoms with van der Waals surface area (Å²) in [5, 5.41) is 5.18. The van der Waals surface area contributed by atoms with Crippen molar-refractivity contribution in [3.8, 4) is 0 Å². The minimum Gasteiger partial charge on any atom is -0.350 e. The SMILES string of the molecule is CN1c2cccc3cccc(c23)N(C)C1c1cccc(C2N(C)c3cccc4cccc(c34)N2C)c1Br. The van der Waals surface area contributed by atoms with E-state index in [1.54, 1.807) is 0 Å². The average molecular weight is 550 g/mol. The maximum absolute atomic E-state index is 4.11. The van der Waals surface area contributed by atoms with Gasteiger partial charge in [-0.1, -0.05) is 66.7 Å². The topological polar surface area (TPSA) is 13.0 Å². The molecular weight excluding hydrogens is 520 g/mol. The van der Waals surface area contributed by atoms with Gasteiger partial charge in [-0.25, -0.2) is 0 Å². The molecule has 0 bridgehead atoms. The first-order chi connectivity index (χ1) is 18.0. The van der Waals surface area contributed by atoms with Crippen molar-refractivity contribution >= 4 is 60.2 Å². The lowest BCUT2D eigenvalue weighted by Crippen LogP contribution is -2.42. The molecule has 7 rings (SSSR count). The van der Waals surface area contributed by atoms with Crippen LogP contribution in [0.5, 0.6) is 0 Å². The Morgan fingerprint density at radius 1 is 0.459 bits per heavy atom. The van der Waals surface area contributed by atoms with E-state index in [0.29, 0.717) is 0 Å². The van der Waals surface area contributed by atoms with Crippen LogP contribution in [-0.4, -0.2) is 28.2 Å². The molecule has 0 radical (unpaired) electrons. The molecule has 5 aromatic rings. The molecule has 184 valence electrons. The van der Waals surface area contributed by atoms with Gasteiger partial charge in [-0.3, -0.25) is 0 Å². The number of nitrogens with zero attached hydrogens (tertiary/aromatic N) is 4. The minimum atomic E-state index is 0.0600. The van der Waals surface area contributed by atoms with Crippen molar-refractivity contribution in [2.24, 2.45) is 0 Å². The molecule has 0 unspecified atom stereocenters. The Labute approximate surface area is 226 Å². The van der Waals surface area contributed by atoms with E-state index in [-0.39, 0.29) is 12.3 Å². The van der Waals surface area contributed by atoms with Gasteiger partial charge in [0.25, 0.3) is 0 Å². The molecule has 0 amide bonds. The van der Waals surface area contributed by atoms with Crippen LogP contribution in [0, 0.1) is 0 Å². The third-order valence-corrected chi connectivity index (χ3v) is 9.24. The van der Waals surface area contributed by atoms with E-state index in [1.165, 1.54) is 55.4 Å². The van der Waals surface area contributed by atoms with Gasteiger partial charge in [-0.2, -0.15) is 0 Å². The Bertz CT molecular complexity index is 1490. The molecule has 0 fully saturated rings. The lowest BCUT2D eigenvalue weighted by Gasteiger charge is -2.46. The predicted molar refractivity (Wildman–Crippen MR) is 161 cm³/mol. The molecule has 2 aliphatic rings. The van der Waals surface area contributed by atoms with Gasteiger partial charge in [0.15, 0.2) is 0 Å². The molecule has 0 atom stereocenters. The van der Waals surface area contributed by atoms with Crippen molar-refractivity contribution in [1.82, 2.24) is 0 Å². The van der Waals surface area contributed by atoms with Crippen molar-refractivity contribution in [2.45, 2.75) is 12.3 Å². The van der Waals surface area contributed by atoms with Gasteiger partial charge in [0.2, 0.25) is 0 Å². The van der Waals surface area contributed by atoms with Crippen LogP contribution < -0.4 is 19.6 Å². The highest BCUT2D eigenvalue weighted by Crippen LogP contribution is 2.49. The van der Waals surface area contributed by atoms with Gasteiger partial charge >= 0.3 is 0 Å². The number of benzene rings is 5. The third kappa shape index (κ3) is 3.07. The van der Waals surface area contributed by atoms with Crippen molar-refractivity contribution in [1.29, 1.82) is 0 Å². The van der Waals surface area contributed by atoms with Crippen molar-refractivity contribution < 1.29 is 0 Å². The van der Waals surface area contributed by atoms with Crippen LogP contribution >= 0.6 is 15.9 Å². The summed E-state index contributed by atoms with van der Waals surface area (Å²) in [4.78, 5) is 9.63. The van der Waals surface area contributed by atoms with Crippen LogP contribution in [0.4, 0.5) is 22.7 Å². The van der Waals surface area contributed by atoms with Gasteiger partial charge in [0.05, 0.1) is 0 Å². The first-order valence-corrected chi connectivity index (χ1v) is 13.5. The van der Waals surface area contributed by atoms with E-state index < -0.39 is 0 Å². The van der Waals surface area contributed by atoms with Gasteiger partial charge in [-0.15, -0.1) is 0 Å². The number of hydrogen-bond acceptors (Lipinski definition) is 4. The Hall–Kier alpha value is -3.70. The molecule has 0 saturated heterocycles. The maximum Gasteiger partial charge on any atom is 0.129 e. The third-order valence-electron chi connectivity index (χ3n) is 8.32. The van der Waals surface area contributed by atoms with E-state index in [4.69, 9.17) is 0 Å². The van der Waals surface area contributed by atoms with Crippen LogP contribution in [-0.2, 0) is 0 Å². The molecule has 2 aliphatic heterocycles. The fourth-order valence-electron chi connectivity index (χ4n) is 6.63. The quantitative estimate of drug-likeness (QED) is 0.222. The second-order valence-electron chi connectivity index (χ2n) is 10.2. The van der Waals surface area contributed by atoms with Crippen LogP contribution in [0.15, 0.2) is 95.5 Å². The molecule has 5 heteroatoms. The molecule has 2 heterocycles. The van der Waals surface area contributed by atoms with Gasteiger partial charge in [-0.05, 0) is 51.0 Å². The Morgan fingerprint density at radius 3 is 1.08 bits per heavy atom. The standard InChI is InChI=1S/C32H29BrN4/c1-34-24-16-5-10-20-11-6-17-25(28(20)24)35(2)31(34)22-14-9-15-23(30(22)33)32-36(3)26-18-7-12-21-13-8-19-27(29(21)26)37(32)4/h5-19,31-32H,1-4H3. The smallest absolute Gasteiger partial charge is 0.129 e. The zero-order valence-electron chi connectivity index (χ0n) is 21.5. The zero-order valence-corrected chi connectivity index (χ0v) is 23.1. The van der Waals surface area contributed by atoms with Crippen LogP contribution in [0.2, 0.25) is 0 Å². The summed E-state index contributed by atoms with van der Waals surface area (Å²) < 4.78 is 1.15. The van der Waals surface area contributed by atoms with E-state index in [1.807, 2.05) is 0 Å². The first kappa shape index (κ1) is 22.5. The average Bonchev–Trinajstić information content (AvgIpc) is 2.92. The van der Waals surface area contributed by atoms with Gasteiger partial charge < -0.3 is 19.6 Å². The fourth-order valence-corrected chi connectivity index (χ4v) is 7.30. The highest BCUT2D eigenvalue weighted by atomic mass is 79.9. The molecule has 0 saturated carbocycles. The Morgan fingerprint density at radius 2 is 0.757 bits per heavy atom. The lowest BCUT2D eigenvalue weighted by molar-refractivity contribution is 0.627. The van der Waals surface area contributed by atoms with E-state index in [0.717, 1.165) is 4.47 Å². The first-order valence-electron chi connectivity index (χ1n) is 12.7. The molecular formula is C32H29BrN4. The van der Waals surface area contributed by atoms with Crippen LogP contribution in [0.3, 0.4) is 0 Å². The fraction of sp³-hybridized carbons (Fsp3) is 0.188. The minimum absolute atomic E-state index is 0.0600. The predicted octanol–water partition coefficient (Wildman–Crippen LogP) is 7.93. The van der Waals surface area contributed by atoms with Crippen molar-refractivity contribution in [3.63, 3.8) is 0 Å². The Kier molecular flexibility index (Phi) is 4.96. The second-order valence-corrected chi connectivity index (χ2v) is 11.0. The van der Waals surface area contributed by atoms with E-state index >= 15 is 0 Å². The molecule has 5 aromatic carbocycles. The molecule has 4 nitrogen and oxygen atoms in total. The monoisotopic (exact) mass is 548 g/mol. The maximum atomic E-state index is 4.11. The molecule has 0 aromatic heterocycles. The van der Waals surface area contributed by atoms with Crippen molar-refractivity contribution in [3.05, 3.63) is 107 Å². The number of anilines is 4. The summed E-state index contributed by atoms with van der Waals surface area (Å²) in [6, 6.07) is 33.2. The number of halogens is 1. The molecule has 37 heavy (non-hydrogen) atoms. The number of hydrogen-bond donors (Lipinski definition) is 0. The van der Waals surface area contributed by atoms with E-state index in [9.17, 15) is 0 Å². The largest absolute Gasteiger partial charge is 0.350 e. The highest BCUT2D eigenvalue weighted by Gasteiger charge is 2.35. The Balaban J connectivity index is 1.37. The summed E-state index contributed by atoms with van der Waals surface area (Å²) in [6.45, 7) is 0. The molecule has 0 spiro atoms. The summed E-state index contributed by atoms with van der Waals surface area (Å²) in [5.74, 6) is 0. The zero-order chi connectivity index (χ0) is 25.4. The molecule has 0 N–H and O–H groups in total. The van der Waals surface area contributed by atoms with E-state index in [2.05, 4.69) is 155 Å². The lowest BCUT2D eigenvalue weighted by atomic mass is 9.96. The molecule has 0 aliphatic carbocycles. The summed E-state index contributed by atoms with van der Waals surface area (Å²) in [7, 11) is 8.84. The highest BCUT2D eigenvalue weighted by molar-refractivity contribution is 9.10.